The number of para-hydroxylation sites is 1. The van der Waals surface area contributed by atoms with E-state index in [-0.39, 0.29) is 5.91 Å². The van der Waals surface area contributed by atoms with Crippen LogP contribution in [-0.2, 0) is 0 Å². The number of rotatable bonds is 4. The van der Waals surface area contributed by atoms with E-state index in [1.807, 2.05) is 71.6 Å². The molecule has 166 valence electrons. The summed E-state index contributed by atoms with van der Waals surface area (Å²) in [6.07, 6.45) is 0. The van der Waals surface area contributed by atoms with Crippen LogP contribution in [0.5, 0.6) is 0 Å². The molecule has 1 fully saturated rings. The maximum absolute atomic E-state index is 13.6. The van der Waals surface area contributed by atoms with E-state index in [1.165, 1.54) is 16.8 Å². The van der Waals surface area contributed by atoms with E-state index in [0.717, 1.165) is 30.0 Å². The lowest BCUT2D eigenvalue weighted by Gasteiger charge is -2.37. The first-order chi connectivity index (χ1) is 16.1. The van der Waals surface area contributed by atoms with E-state index in [1.54, 1.807) is 4.68 Å². The summed E-state index contributed by atoms with van der Waals surface area (Å²) in [6, 6.07) is 28.2. The second-order valence-corrected chi connectivity index (χ2v) is 8.53. The zero-order valence-corrected chi connectivity index (χ0v) is 19.1. The predicted octanol–water partition coefficient (Wildman–Crippen LogP) is 5.12. The highest BCUT2D eigenvalue weighted by atomic mass is 16.2. The quantitative estimate of drug-likeness (QED) is 0.446. The Bertz CT molecular complexity index is 1260. The van der Waals surface area contributed by atoms with Crippen molar-refractivity contribution in [3.05, 3.63) is 102 Å². The third-order valence-corrected chi connectivity index (χ3v) is 6.48. The van der Waals surface area contributed by atoms with Crippen LogP contribution >= 0.6 is 0 Å². The molecule has 0 bridgehead atoms. The average Bonchev–Trinajstić information content (AvgIpc) is 3.32. The van der Waals surface area contributed by atoms with Crippen molar-refractivity contribution in [2.75, 3.05) is 31.1 Å². The number of piperazine rings is 1. The first-order valence-corrected chi connectivity index (χ1v) is 11.4. The molecule has 4 aromatic rings. The van der Waals surface area contributed by atoms with Crippen LogP contribution in [0.15, 0.2) is 84.9 Å². The van der Waals surface area contributed by atoms with Crippen molar-refractivity contribution in [1.82, 2.24) is 14.7 Å². The van der Waals surface area contributed by atoms with Gasteiger partial charge in [0.2, 0.25) is 0 Å². The Morgan fingerprint density at radius 2 is 1.45 bits per heavy atom. The van der Waals surface area contributed by atoms with Gasteiger partial charge >= 0.3 is 0 Å². The van der Waals surface area contributed by atoms with Crippen molar-refractivity contribution in [1.29, 1.82) is 0 Å². The van der Waals surface area contributed by atoms with Crippen molar-refractivity contribution >= 4 is 11.6 Å². The summed E-state index contributed by atoms with van der Waals surface area (Å²) in [7, 11) is 0. The zero-order chi connectivity index (χ0) is 22.8. The van der Waals surface area contributed by atoms with Crippen LogP contribution in [0.25, 0.3) is 16.9 Å². The fraction of sp³-hybridized carbons (Fsp3) is 0.214. The zero-order valence-electron chi connectivity index (χ0n) is 19.1. The number of carbonyl (C=O) groups is 1. The molecule has 3 aromatic carbocycles. The Morgan fingerprint density at radius 3 is 2.15 bits per heavy atom. The maximum Gasteiger partial charge on any atom is 0.272 e. The number of nitrogens with zero attached hydrogens (tertiary/aromatic N) is 4. The van der Waals surface area contributed by atoms with E-state index < -0.39 is 0 Å². The summed E-state index contributed by atoms with van der Waals surface area (Å²) in [5, 5.41) is 4.81. The van der Waals surface area contributed by atoms with Crippen molar-refractivity contribution < 1.29 is 4.79 Å². The van der Waals surface area contributed by atoms with Crippen LogP contribution in [0.1, 0.15) is 21.6 Å². The number of carbonyl (C=O) groups excluding carboxylic acids is 1. The lowest BCUT2D eigenvalue weighted by molar-refractivity contribution is 0.0737. The summed E-state index contributed by atoms with van der Waals surface area (Å²) in [5.41, 5.74) is 7.16. The van der Waals surface area contributed by atoms with Crippen molar-refractivity contribution in [2.45, 2.75) is 13.8 Å². The van der Waals surface area contributed by atoms with Crippen molar-refractivity contribution in [3.63, 3.8) is 0 Å². The summed E-state index contributed by atoms with van der Waals surface area (Å²) in [4.78, 5) is 18.0. The van der Waals surface area contributed by atoms with Crippen LogP contribution in [0.3, 0.4) is 0 Å². The average molecular weight is 437 g/mol. The van der Waals surface area contributed by atoms with Crippen molar-refractivity contribution in [2.24, 2.45) is 0 Å². The SMILES string of the molecule is Cc1cccc(N2CCN(C(=O)c3cc(-c4ccccc4)nn3-c3ccccc3)CC2)c1C. The molecule has 33 heavy (non-hydrogen) atoms. The summed E-state index contributed by atoms with van der Waals surface area (Å²) in [5.74, 6) is 0.0224. The summed E-state index contributed by atoms with van der Waals surface area (Å²) < 4.78 is 1.78. The van der Waals surface area contributed by atoms with Gasteiger partial charge in [0.05, 0.1) is 11.4 Å². The molecule has 0 radical (unpaired) electrons. The standard InChI is InChI=1S/C28H28N4O/c1-21-10-9-15-26(22(21)2)30-16-18-31(19-17-30)28(33)27-20-25(23-11-5-3-6-12-23)29-32(27)24-13-7-4-8-14-24/h3-15,20H,16-19H2,1-2H3. The van der Waals surface area contributed by atoms with Gasteiger partial charge in [0.25, 0.3) is 5.91 Å². The van der Waals surface area contributed by atoms with E-state index in [9.17, 15) is 4.79 Å². The molecular formula is C28H28N4O. The van der Waals surface area contributed by atoms with E-state index >= 15 is 0 Å². The Morgan fingerprint density at radius 1 is 0.788 bits per heavy atom. The molecule has 0 atom stereocenters. The highest BCUT2D eigenvalue weighted by Crippen LogP contribution is 2.26. The molecule has 1 aliphatic heterocycles. The van der Waals surface area contributed by atoms with Gasteiger partial charge in [0, 0.05) is 37.4 Å². The molecule has 1 amide bonds. The monoisotopic (exact) mass is 436 g/mol. The first-order valence-electron chi connectivity index (χ1n) is 11.4. The largest absolute Gasteiger partial charge is 0.368 e. The molecule has 5 nitrogen and oxygen atoms in total. The fourth-order valence-corrected chi connectivity index (χ4v) is 4.44. The second-order valence-electron chi connectivity index (χ2n) is 8.53. The van der Waals surface area contributed by atoms with Gasteiger partial charge in [-0.1, -0.05) is 60.7 Å². The fourth-order valence-electron chi connectivity index (χ4n) is 4.44. The highest BCUT2D eigenvalue weighted by Gasteiger charge is 2.27. The van der Waals surface area contributed by atoms with Gasteiger partial charge in [-0.25, -0.2) is 4.68 Å². The number of amides is 1. The van der Waals surface area contributed by atoms with Gasteiger partial charge < -0.3 is 9.80 Å². The Kier molecular flexibility index (Phi) is 5.69. The molecule has 0 aliphatic carbocycles. The van der Waals surface area contributed by atoms with E-state index in [4.69, 9.17) is 5.10 Å². The van der Waals surface area contributed by atoms with Crippen LogP contribution in [-0.4, -0.2) is 46.8 Å². The number of aryl methyl sites for hydroxylation is 1. The molecular weight excluding hydrogens is 408 g/mol. The number of anilines is 1. The van der Waals surface area contributed by atoms with Gasteiger partial charge in [-0.05, 0) is 49.2 Å². The van der Waals surface area contributed by atoms with Crippen LogP contribution in [0.2, 0.25) is 0 Å². The molecule has 0 saturated carbocycles. The van der Waals surface area contributed by atoms with Crippen LogP contribution < -0.4 is 4.90 Å². The Hall–Kier alpha value is -3.86. The van der Waals surface area contributed by atoms with E-state index in [0.29, 0.717) is 18.8 Å². The van der Waals surface area contributed by atoms with Gasteiger partial charge in [0.15, 0.2) is 0 Å². The lowest BCUT2D eigenvalue weighted by Crippen LogP contribution is -2.49. The van der Waals surface area contributed by atoms with Gasteiger partial charge in [0.1, 0.15) is 5.69 Å². The lowest BCUT2D eigenvalue weighted by atomic mass is 10.1. The molecule has 1 aromatic heterocycles. The highest BCUT2D eigenvalue weighted by molar-refractivity contribution is 5.94. The summed E-state index contributed by atoms with van der Waals surface area (Å²) in [6.45, 7) is 7.33. The summed E-state index contributed by atoms with van der Waals surface area (Å²) >= 11 is 0. The van der Waals surface area contributed by atoms with Gasteiger partial charge in [-0.2, -0.15) is 5.10 Å². The van der Waals surface area contributed by atoms with Crippen molar-refractivity contribution in [3.8, 4) is 16.9 Å². The number of hydrogen-bond donors (Lipinski definition) is 0. The molecule has 0 spiro atoms. The molecule has 1 saturated heterocycles. The number of benzene rings is 3. The van der Waals surface area contributed by atoms with Crippen LogP contribution in [0.4, 0.5) is 5.69 Å². The third kappa shape index (κ3) is 4.14. The molecule has 5 rings (SSSR count). The Labute approximate surface area is 194 Å². The first kappa shape index (κ1) is 21.0. The minimum atomic E-state index is 0.0224. The third-order valence-electron chi connectivity index (χ3n) is 6.48. The molecule has 5 heteroatoms. The van der Waals surface area contributed by atoms with Gasteiger partial charge in [-0.15, -0.1) is 0 Å². The minimum absolute atomic E-state index is 0.0224. The Balaban J connectivity index is 1.41. The molecule has 0 N–H and O–H groups in total. The number of aromatic nitrogens is 2. The molecule has 2 heterocycles. The molecule has 1 aliphatic rings. The normalized spacial score (nSPS) is 13.9. The van der Waals surface area contributed by atoms with Crippen LogP contribution in [0, 0.1) is 13.8 Å². The smallest absolute Gasteiger partial charge is 0.272 e. The van der Waals surface area contributed by atoms with E-state index in [2.05, 4.69) is 36.9 Å². The number of hydrogen-bond acceptors (Lipinski definition) is 3. The maximum atomic E-state index is 13.6. The molecule has 0 unspecified atom stereocenters. The topological polar surface area (TPSA) is 41.4 Å². The second kappa shape index (κ2) is 8.94. The predicted molar refractivity (Wildman–Crippen MR) is 133 cm³/mol. The minimum Gasteiger partial charge on any atom is -0.368 e. The van der Waals surface area contributed by atoms with Gasteiger partial charge in [-0.3, -0.25) is 4.79 Å².